The van der Waals surface area contributed by atoms with Crippen LogP contribution in [0.2, 0.25) is 0 Å². The molecule has 0 bridgehead atoms. The van der Waals surface area contributed by atoms with E-state index in [9.17, 15) is 19.5 Å². The van der Waals surface area contributed by atoms with Crippen LogP contribution in [0.3, 0.4) is 0 Å². The van der Waals surface area contributed by atoms with Crippen molar-refractivity contribution in [3.8, 4) is 5.75 Å². The molecule has 1 aromatic carbocycles. The molecular formula is C12H8I2N2O4S. The second kappa shape index (κ2) is 6.52. The third-order valence-electron chi connectivity index (χ3n) is 2.53. The van der Waals surface area contributed by atoms with Crippen LogP contribution >= 0.6 is 56.9 Å². The lowest BCUT2D eigenvalue weighted by molar-refractivity contribution is -0.127. The van der Waals surface area contributed by atoms with Gasteiger partial charge in [0.2, 0.25) is 5.91 Å². The summed E-state index contributed by atoms with van der Waals surface area (Å²) < 4.78 is 1.53. The van der Waals surface area contributed by atoms with Gasteiger partial charge in [-0.2, -0.15) is 0 Å². The highest BCUT2D eigenvalue weighted by molar-refractivity contribution is 14.1. The molecule has 0 unspecified atom stereocenters. The van der Waals surface area contributed by atoms with Crippen LogP contribution in [0.5, 0.6) is 5.75 Å². The van der Waals surface area contributed by atoms with Gasteiger partial charge in [-0.25, -0.2) is 0 Å². The number of imide groups is 1. The highest BCUT2D eigenvalue weighted by atomic mass is 127. The number of nitrogens with zero attached hydrogens (tertiary/aromatic N) is 1. The normalized spacial score (nSPS) is 16.9. The average molecular weight is 530 g/mol. The minimum absolute atomic E-state index is 0.0396. The predicted octanol–water partition coefficient (Wildman–Crippen LogP) is 2.12. The number of hydrogen-bond donors (Lipinski definition) is 2. The van der Waals surface area contributed by atoms with Gasteiger partial charge in [0, 0.05) is 9.13 Å². The van der Waals surface area contributed by atoms with Crippen LogP contribution in [0.1, 0.15) is 5.56 Å². The summed E-state index contributed by atoms with van der Waals surface area (Å²) in [7, 11) is 0. The van der Waals surface area contributed by atoms with Crippen molar-refractivity contribution in [3.05, 3.63) is 29.7 Å². The highest BCUT2D eigenvalue weighted by Crippen LogP contribution is 2.35. The summed E-state index contributed by atoms with van der Waals surface area (Å²) in [5, 5.41) is 9.45. The second-order valence-corrected chi connectivity index (χ2v) is 7.46. The first-order valence-electron chi connectivity index (χ1n) is 5.51. The summed E-state index contributed by atoms with van der Waals surface area (Å²) in [6.07, 6.45) is 1.44. The standard InChI is InChI=1S/C12H8I2N2O4S/c13-6-1-5(10(18)7(14)3-6)2-8-11(19)16(4-9(15)17)12(20)21-8/h1-3,18H,4H2,(H2,15,17)/b8-2-. The van der Waals surface area contributed by atoms with E-state index in [0.717, 1.165) is 8.47 Å². The van der Waals surface area contributed by atoms with Gasteiger partial charge in [0.25, 0.3) is 11.1 Å². The minimum Gasteiger partial charge on any atom is -0.506 e. The number of primary amides is 1. The summed E-state index contributed by atoms with van der Waals surface area (Å²) >= 11 is 4.78. The summed E-state index contributed by atoms with van der Waals surface area (Å²) in [6, 6.07) is 3.48. The maximum atomic E-state index is 12.1. The topological polar surface area (TPSA) is 101 Å². The Balaban J connectivity index is 2.37. The van der Waals surface area contributed by atoms with Gasteiger partial charge in [0.1, 0.15) is 12.3 Å². The lowest BCUT2D eigenvalue weighted by Gasteiger charge is -2.08. The van der Waals surface area contributed by atoms with Crippen LogP contribution in [-0.4, -0.2) is 33.6 Å². The molecule has 0 saturated carbocycles. The Bertz CT molecular complexity index is 690. The molecule has 2 rings (SSSR count). The molecule has 21 heavy (non-hydrogen) atoms. The van der Waals surface area contributed by atoms with Crippen molar-refractivity contribution in [1.29, 1.82) is 0 Å². The Morgan fingerprint density at radius 2 is 2.05 bits per heavy atom. The van der Waals surface area contributed by atoms with Gasteiger partial charge in [-0.05, 0) is 75.2 Å². The number of thioether (sulfide) groups is 1. The Morgan fingerprint density at radius 1 is 1.38 bits per heavy atom. The molecule has 1 aliphatic rings. The molecule has 6 nitrogen and oxygen atoms in total. The fraction of sp³-hybridized carbons (Fsp3) is 0.0833. The van der Waals surface area contributed by atoms with E-state index in [1.165, 1.54) is 6.08 Å². The van der Waals surface area contributed by atoms with E-state index in [4.69, 9.17) is 5.73 Å². The zero-order chi connectivity index (χ0) is 15.7. The minimum atomic E-state index is -0.759. The summed E-state index contributed by atoms with van der Waals surface area (Å²) in [4.78, 5) is 35.5. The second-order valence-electron chi connectivity index (χ2n) is 4.06. The van der Waals surface area contributed by atoms with Crippen molar-refractivity contribution >= 4 is 80.1 Å². The zero-order valence-electron chi connectivity index (χ0n) is 10.3. The van der Waals surface area contributed by atoms with E-state index in [1.54, 1.807) is 12.1 Å². The Hall–Kier alpha value is -0.820. The molecule has 0 spiro atoms. The highest BCUT2D eigenvalue weighted by Gasteiger charge is 2.36. The Kier molecular flexibility index (Phi) is 5.14. The van der Waals surface area contributed by atoms with Crippen molar-refractivity contribution in [2.45, 2.75) is 0 Å². The molecular weight excluding hydrogens is 522 g/mol. The molecule has 0 aliphatic carbocycles. The largest absolute Gasteiger partial charge is 0.506 e. The van der Waals surface area contributed by atoms with Crippen molar-refractivity contribution in [1.82, 2.24) is 4.90 Å². The van der Waals surface area contributed by atoms with E-state index in [-0.39, 0.29) is 10.7 Å². The van der Waals surface area contributed by atoms with Gasteiger partial charge < -0.3 is 10.8 Å². The van der Waals surface area contributed by atoms with Gasteiger partial charge in [-0.1, -0.05) is 0 Å². The molecule has 3 amide bonds. The molecule has 1 aromatic rings. The van der Waals surface area contributed by atoms with Gasteiger partial charge in [0.15, 0.2) is 0 Å². The number of nitrogens with two attached hydrogens (primary N) is 1. The molecule has 3 N–H and O–H groups in total. The third kappa shape index (κ3) is 3.69. The fourth-order valence-electron chi connectivity index (χ4n) is 1.63. The molecule has 1 heterocycles. The molecule has 1 fully saturated rings. The molecule has 110 valence electrons. The SMILES string of the molecule is NC(=O)CN1C(=O)S/C(=C\c2cc(I)cc(I)c2O)C1=O. The van der Waals surface area contributed by atoms with E-state index < -0.39 is 23.6 Å². The van der Waals surface area contributed by atoms with Gasteiger partial charge >= 0.3 is 0 Å². The monoisotopic (exact) mass is 530 g/mol. The Labute approximate surface area is 151 Å². The Morgan fingerprint density at radius 3 is 2.67 bits per heavy atom. The van der Waals surface area contributed by atoms with E-state index in [1.807, 2.05) is 22.6 Å². The van der Waals surface area contributed by atoms with Crippen molar-refractivity contribution < 1.29 is 19.5 Å². The fourth-order valence-corrected chi connectivity index (χ4v) is 4.35. The number of carbonyl (C=O) groups is 3. The summed E-state index contributed by atoms with van der Waals surface area (Å²) in [5.41, 5.74) is 5.44. The van der Waals surface area contributed by atoms with Gasteiger partial charge in [0.05, 0.1) is 8.48 Å². The van der Waals surface area contributed by atoms with Crippen LogP contribution in [0.4, 0.5) is 4.79 Å². The average Bonchev–Trinajstić information content (AvgIpc) is 2.63. The maximum absolute atomic E-state index is 12.1. The van der Waals surface area contributed by atoms with Crippen molar-refractivity contribution in [2.24, 2.45) is 5.73 Å². The van der Waals surface area contributed by atoms with E-state index >= 15 is 0 Å². The quantitative estimate of drug-likeness (QED) is 0.461. The number of phenols is 1. The lowest BCUT2D eigenvalue weighted by atomic mass is 10.2. The van der Waals surface area contributed by atoms with Gasteiger partial charge in [-0.15, -0.1) is 0 Å². The lowest BCUT2D eigenvalue weighted by Crippen LogP contribution is -2.36. The molecule has 0 atom stereocenters. The number of aromatic hydroxyl groups is 1. The number of hydrogen-bond acceptors (Lipinski definition) is 5. The molecule has 1 saturated heterocycles. The van der Waals surface area contributed by atoms with Crippen LogP contribution < -0.4 is 5.73 Å². The third-order valence-corrected chi connectivity index (χ3v) is 4.88. The first kappa shape index (κ1) is 16.5. The molecule has 9 heteroatoms. The predicted molar refractivity (Wildman–Crippen MR) is 95.4 cm³/mol. The van der Waals surface area contributed by atoms with Crippen LogP contribution in [0.15, 0.2) is 17.0 Å². The summed E-state index contributed by atoms with van der Waals surface area (Å²) in [5.74, 6) is -1.31. The number of carbonyl (C=O) groups excluding carboxylic acids is 3. The van der Waals surface area contributed by atoms with Crippen molar-refractivity contribution in [2.75, 3.05) is 6.54 Å². The number of phenolic OH excluding ortho intramolecular Hbond substituents is 1. The van der Waals surface area contributed by atoms with Crippen LogP contribution in [-0.2, 0) is 9.59 Å². The maximum Gasteiger partial charge on any atom is 0.294 e. The molecule has 0 radical (unpaired) electrons. The number of rotatable bonds is 3. The number of halogens is 2. The summed E-state index contributed by atoms with van der Waals surface area (Å²) in [6.45, 7) is -0.447. The number of amides is 3. The number of benzene rings is 1. The zero-order valence-corrected chi connectivity index (χ0v) is 15.4. The van der Waals surface area contributed by atoms with Gasteiger partial charge in [-0.3, -0.25) is 19.3 Å². The van der Waals surface area contributed by atoms with E-state index in [2.05, 4.69) is 22.6 Å². The first-order valence-corrected chi connectivity index (χ1v) is 8.48. The first-order chi connectivity index (χ1) is 9.79. The van der Waals surface area contributed by atoms with E-state index in [0.29, 0.717) is 20.9 Å². The molecule has 1 aliphatic heterocycles. The van der Waals surface area contributed by atoms with Crippen molar-refractivity contribution in [3.63, 3.8) is 0 Å². The molecule has 0 aromatic heterocycles. The smallest absolute Gasteiger partial charge is 0.294 e. The van der Waals surface area contributed by atoms with Crippen LogP contribution in [0, 0.1) is 7.14 Å². The van der Waals surface area contributed by atoms with Crippen LogP contribution in [0.25, 0.3) is 6.08 Å².